The van der Waals surface area contributed by atoms with Crippen LogP contribution in [0.4, 0.5) is 0 Å². The monoisotopic (exact) mass is 452 g/mol. The highest BCUT2D eigenvalue weighted by Gasteiger charge is 2.42. The van der Waals surface area contributed by atoms with E-state index >= 15 is 0 Å². The highest BCUT2D eigenvalue weighted by molar-refractivity contribution is 6.30. The van der Waals surface area contributed by atoms with E-state index in [9.17, 15) is 14.7 Å². The average molecular weight is 453 g/mol. The van der Waals surface area contributed by atoms with Crippen LogP contribution in [0.3, 0.4) is 0 Å². The SMILES string of the molecule is CCN(CC)CCCN1C(=O)C(O)=C(C(=O)/C=C/c2ccccc2)C1c1cccc(Cl)c1. The van der Waals surface area contributed by atoms with Gasteiger partial charge in [-0.2, -0.15) is 0 Å². The number of aliphatic hydroxyl groups excluding tert-OH is 1. The van der Waals surface area contributed by atoms with Crippen LogP contribution in [0.25, 0.3) is 6.08 Å². The van der Waals surface area contributed by atoms with Crippen LogP contribution in [0.2, 0.25) is 5.02 Å². The lowest BCUT2D eigenvalue weighted by molar-refractivity contribution is -0.129. The molecule has 1 amide bonds. The van der Waals surface area contributed by atoms with Crippen LogP contribution in [0, 0.1) is 0 Å². The van der Waals surface area contributed by atoms with Crippen molar-refractivity contribution in [3.05, 3.63) is 88.2 Å². The summed E-state index contributed by atoms with van der Waals surface area (Å²) in [5.74, 6) is -1.40. The molecule has 0 saturated carbocycles. The lowest BCUT2D eigenvalue weighted by Crippen LogP contribution is -2.34. The number of ketones is 1. The number of carbonyl (C=O) groups excluding carboxylic acids is 2. The zero-order valence-corrected chi connectivity index (χ0v) is 19.3. The number of amides is 1. The van der Waals surface area contributed by atoms with Crippen LogP contribution in [-0.2, 0) is 9.59 Å². The number of carbonyl (C=O) groups is 2. The van der Waals surface area contributed by atoms with Gasteiger partial charge >= 0.3 is 0 Å². The Kier molecular flexibility index (Phi) is 8.26. The molecule has 1 atom stereocenters. The van der Waals surface area contributed by atoms with Crippen molar-refractivity contribution >= 4 is 29.4 Å². The van der Waals surface area contributed by atoms with Gasteiger partial charge in [-0.25, -0.2) is 0 Å². The largest absolute Gasteiger partial charge is 0.503 e. The van der Waals surface area contributed by atoms with Gasteiger partial charge < -0.3 is 14.9 Å². The third kappa shape index (κ3) is 5.47. The van der Waals surface area contributed by atoms with E-state index in [1.807, 2.05) is 36.4 Å². The highest BCUT2D eigenvalue weighted by Crippen LogP contribution is 2.38. The van der Waals surface area contributed by atoms with Crippen molar-refractivity contribution in [1.29, 1.82) is 0 Å². The molecule has 1 heterocycles. The standard InChI is InChI=1S/C26H29ClN2O3/c1-3-28(4-2)16-9-17-29-24(20-12-8-13-21(27)18-20)23(25(31)26(29)32)22(30)15-14-19-10-6-5-7-11-19/h5-8,10-15,18,24,31H,3-4,9,16-17H2,1-2H3/b15-14+. The molecule has 3 rings (SSSR count). The molecule has 1 N–H and O–H groups in total. The fourth-order valence-corrected chi connectivity index (χ4v) is 4.19. The molecular weight excluding hydrogens is 424 g/mol. The molecule has 2 aromatic carbocycles. The first-order valence-electron chi connectivity index (χ1n) is 11.0. The normalized spacial score (nSPS) is 16.6. The van der Waals surface area contributed by atoms with Crippen LogP contribution in [-0.4, -0.2) is 52.8 Å². The summed E-state index contributed by atoms with van der Waals surface area (Å²) in [5, 5.41) is 11.2. The fraction of sp³-hybridized carbons (Fsp3) is 0.308. The Hall–Kier alpha value is -2.89. The summed E-state index contributed by atoms with van der Waals surface area (Å²) in [7, 11) is 0. The van der Waals surface area contributed by atoms with E-state index in [1.165, 1.54) is 6.08 Å². The molecule has 0 saturated heterocycles. The first kappa shape index (κ1) is 23.8. The summed E-state index contributed by atoms with van der Waals surface area (Å²) in [6.45, 7) is 7.32. The second-order valence-electron chi connectivity index (χ2n) is 7.71. The Morgan fingerprint density at radius 1 is 1.12 bits per heavy atom. The van der Waals surface area contributed by atoms with Crippen molar-refractivity contribution in [3.63, 3.8) is 0 Å². The summed E-state index contributed by atoms with van der Waals surface area (Å²) >= 11 is 6.21. The number of aliphatic hydroxyl groups is 1. The topological polar surface area (TPSA) is 60.9 Å². The maximum Gasteiger partial charge on any atom is 0.290 e. The van der Waals surface area contributed by atoms with E-state index in [0.29, 0.717) is 17.1 Å². The van der Waals surface area contributed by atoms with Crippen LogP contribution in [0.15, 0.2) is 72.0 Å². The van der Waals surface area contributed by atoms with Gasteiger partial charge in [0, 0.05) is 11.6 Å². The van der Waals surface area contributed by atoms with Gasteiger partial charge in [-0.1, -0.05) is 74.0 Å². The molecule has 6 heteroatoms. The minimum atomic E-state index is -0.675. The lowest BCUT2D eigenvalue weighted by Gasteiger charge is -2.28. The molecule has 1 aliphatic heterocycles. The second-order valence-corrected chi connectivity index (χ2v) is 8.14. The van der Waals surface area contributed by atoms with Crippen molar-refractivity contribution in [2.24, 2.45) is 0 Å². The minimum Gasteiger partial charge on any atom is -0.503 e. The first-order chi connectivity index (χ1) is 15.5. The van der Waals surface area contributed by atoms with Crippen LogP contribution >= 0.6 is 11.6 Å². The van der Waals surface area contributed by atoms with Gasteiger partial charge in [-0.3, -0.25) is 9.59 Å². The number of benzene rings is 2. The molecule has 168 valence electrons. The van der Waals surface area contributed by atoms with Gasteiger partial charge in [0.2, 0.25) is 0 Å². The number of hydrogen-bond donors (Lipinski definition) is 1. The zero-order chi connectivity index (χ0) is 23.1. The molecule has 0 fully saturated rings. The van der Waals surface area contributed by atoms with Crippen molar-refractivity contribution in [2.75, 3.05) is 26.2 Å². The van der Waals surface area contributed by atoms with Crippen molar-refractivity contribution in [2.45, 2.75) is 26.3 Å². The number of allylic oxidation sites excluding steroid dienone is 1. The van der Waals surface area contributed by atoms with Crippen molar-refractivity contribution in [3.8, 4) is 0 Å². The van der Waals surface area contributed by atoms with Crippen molar-refractivity contribution < 1.29 is 14.7 Å². The molecule has 0 bridgehead atoms. The lowest BCUT2D eigenvalue weighted by atomic mass is 9.95. The molecule has 1 unspecified atom stereocenters. The third-order valence-corrected chi connectivity index (χ3v) is 5.96. The van der Waals surface area contributed by atoms with Crippen LogP contribution < -0.4 is 0 Å². The Bertz CT molecular complexity index is 1010. The van der Waals surface area contributed by atoms with E-state index in [0.717, 1.165) is 31.6 Å². The number of halogens is 1. The number of hydrogen-bond acceptors (Lipinski definition) is 4. The summed E-state index contributed by atoms with van der Waals surface area (Å²) in [6.07, 6.45) is 3.83. The fourth-order valence-electron chi connectivity index (χ4n) is 3.99. The summed E-state index contributed by atoms with van der Waals surface area (Å²) in [6, 6.07) is 15.8. The van der Waals surface area contributed by atoms with Crippen LogP contribution in [0.1, 0.15) is 37.4 Å². The van der Waals surface area contributed by atoms with Gasteiger partial charge in [0.05, 0.1) is 11.6 Å². The van der Waals surface area contributed by atoms with Gasteiger partial charge in [0.25, 0.3) is 5.91 Å². The Morgan fingerprint density at radius 3 is 2.50 bits per heavy atom. The third-order valence-electron chi connectivity index (χ3n) is 5.73. The molecule has 2 aromatic rings. The van der Waals surface area contributed by atoms with E-state index in [2.05, 4.69) is 18.7 Å². The van der Waals surface area contributed by atoms with E-state index in [-0.39, 0.29) is 5.57 Å². The smallest absolute Gasteiger partial charge is 0.290 e. The maximum absolute atomic E-state index is 13.1. The second kappa shape index (κ2) is 11.1. The Labute approximate surface area is 194 Å². The summed E-state index contributed by atoms with van der Waals surface area (Å²) < 4.78 is 0. The predicted molar refractivity (Wildman–Crippen MR) is 128 cm³/mol. The first-order valence-corrected chi connectivity index (χ1v) is 11.3. The summed E-state index contributed by atoms with van der Waals surface area (Å²) in [5.41, 5.74) is 1.65. The molecule has 0 spiro atoms. The van der Waals surface area contributed by atoms with E-state index in [1.54, 1.807) is 29.2 Å². The highest BCUT2D eigenvalue weighted by atomic mass is 35.5. The molecule has 0 aromatic heterocycles. The molecule has 0 aliphatic carbocycles. The van der Waals surface area contributed by atoms with Gasteiger partial charge in [0.15, 0.2) is 11.5 Å². The Balaban J connectivity index is 1.90. The van der Waals surface area contributed by atoms with Crippen molar-refractivity contribution in [1.82, 2.24) is 9.80 Å². The maximum atomic E-state index is 13.1. The number of nitrogens with zero attached hydrogens (tertiary/aromatic N) is 2. The molecule has 5 nitrogen and oxygen atoms in total. The average Bonchev–Trinajstić information content (AvgIpc) is 3.06. The molecule has 1 aliphatic rings. The van der Waals surface area contributed by atoms with Crippen LogP contribution in [0.5, 0.6) is 0 Å². The van der Waals surface area contributed by atoms with Gasteiger partial charge in [-0.05, 0) is 55.4 Å². The van der Waals surface area contributed by atoms with Gasteiger partial charge in [-0.15, -0.1) is 0 Å². The summed E-state index contributed by atoms with van der Waals surface area (Å²) in [4.78, 5) is 30.0. The zero-order valence-electron chi connectivity index (χ0n) is 18.5. The van der Waals surface area contributed by atoms with E-state index < -0.39 is 23.5 Å². The molecule has 0 radical (unpaired) electrons. The Morgan fingerprint density at radius 2 is 1.84 bits per heavy atom. The number of rotatable bonds is 10. The minimum absolute atomic E-state index is 0.0901. The quantitative estimate of drug-likeness (QED) is 0.512. The van der Waals surface area contributed by atoms with E-state index in [4.69, 9.17) is 11.6 Å². The molecular formula is C26H29ClN2O3. The predicted octanol–water partition coefficient (Wildman–Crippen LogP) is 5.05. The molecule has 32 heavy (non-hydrogen) atoms. The van der Waals surface area contributed by atoms with Gasteiger partial charge in [0.1, 0.15) is 0 Å².